The largest absolute Gasteiger partial charge is 0.381 e. The molecular formula is C16H28N2O3. The van der Waals surface area contributed by atoms with Crippen LogP contribution >= 0.6 is 0 Å². The molecule has 120 valence electrons. The van der Waals surface area contributed by atoms with Gasteiger partial charge in [0.25, 0.3) is 0 Å². The van der Waals surface area contributed by atoms with Crippen molar-refractivity contribution in [1.29, 1.82) is 0 Å². The molecule has 0 atom stereocenters. The van der Waals surface area contributed by atoms with Gasteiger partial charge in [-0.05, 0) is 38.5 Å². The molecule has 5 nitrogen and oxygen atoms in total. The molecule has 5 heteroatoms. The first kappa shape index (κ1) is 16.3. The Morgan fingerprint density at radius 2 is 1.24 bits per heavy atom. The Kier molecular flexibility index (Phi) is 7.00. The Morgan fingerprint density at radius 1 is 0.762 bits per heavy atom. The van der Waals surface area contributed by atoms with Crippen LogP contribution in [0.4, 0.5) is 0 Å². The van der Waals surface area contributed by atoms with Gasteiger partial charge >= 0.3 is 0 Å². The SMILES string of the molecule is O=C1CCCCN1CCCOCCCN1CCCCC1=O. The second-order valence-electron chi connectivity index (χ2n) is 6.00. The van der Waals surface area contributed by atoms with Gasteiger partial charge in [0.05, 0.1) is 0 Å². The highest BCUT2D eigenvalue weighted by Gasteiger charge is 2.18. The second kappa shape index (κ2) is 9.03. The van der Waals surface area contributed by atoms with E-state index < -0.39 is 0 Å². The van der Waals surface area contributed by atoms with Crippen LogP contribution < -0.4 is 0 Å². The van der Waals surface area contributed by atoms with Crippen LogP contribution in [0.2, 0.25) is 0 Å². The van der Waals surface area contributed by atoms with Gasteiger partial charge in [-0.3, -0.25) is 9.59 Å². The zero-order valence-corrected chi connectivity index (χ0v) is 13.0. The van der Waals surface area contributed by atoms with Crippen LogP contribution in [-0.2, 0) is 14.3 Å². The smallest absolute Gasteiger partial charge is 0.222 e. The fourth-order valence-electron chi connectivity index (χ4n) is 3.01. The van der Waals surface area contributed by atoms with Gasteiger partial charge < -0.3 is 14.5 Å². The van der Waals surface area contributed by atoms with Gasteiger partial charge in [0.1, 0.15) is 0 Å². The maximum Gasteiger partial charge on any atom is 0.222 e. The minimum atomic E-state index is 0.296. The maximum atomic E-state index is 11.6. The molecule has 0 aromatic heterocycles. The first-order valence-corrected chi connectivity index (χ1v) is 8.40. The van der Waals surface area contributed by atoms with Crippen LogP contribution in [0.3, 0.4) is 0 Å². The third kappa shape index (κ3) is 5.65. The molecule has 0 aliphatic carbocycles. The van der Waals surface area contributed by atoms with Crippen molar-refractivity contribution in [3.05, 3.63) is 0 Å². The summed E-state index contributed by atoms with van der Waals surface area (Å²) in [6.07, 6.45) is 7.60. The summed E-state index contributed by atoms with van der Waals surface area (Å²) in [5, 5.41) is 0. The van der Waals surface area contributed by atoms with Crippen LogP contribution in [0.5, 0.6) is 0 Å². The molecule has 0 spiro atoms. The molecule has 0 aromatic carbocycles. The van der Waals surface area contributed by atoms with E-state index in [1.165, 1.54) is 0 Å². The van der Waals surface area contributed by atoms with E-state index in [4.69, 9.17) is 4.74 Å². The number of likely N-dealkylation sites (tertiary alicyclic amines) is 2. The number of hydrogen-bond acceptors (Lipinski definition) is 3. The molecule has 0 unspecified atom stereocenters. The summed E-state index contributed by atoms with van der Waals surface area (Å²) >= 11 is 0. The third-order valence-corrected chi connectivity index (χ3v) is 4.28. The van der Waals surface area contributed by atoms with Crippen molar-refractivity contribution in [1.82, 2.24) is 9.80 Å². The van der Waals surface area contributed by atoms with Gasteiger partial charge in [0, 0.05) is 52.2 Å². The Morgan fingerprint density at radius 3 is 1.67 bits per heavy atom. The van der Waals surface area contributed by atoms with Crippen LogP contribution in [0.15, 0.2) is 0 Å². The monoisotopic (exact) mass is 296 g/mol. The summed E-state index contributed by atoms with van der Waals surface area (Å²) in [7, 11) is 0. The van der Waals surface area contributed by atoms with Crippen LogP contribution in [-0.4, -0.2) is 61.0 Å². The lowest BCUT2D eigenvalue weighted by Crippen LogP contribution is -2.36. The van der Waals surface area contributed by atoms with Crippen molar-refractivity contribution < 1.29 is 14.3 Å². The summed E-state index contributed by atoms with van der Waals surface area (Å²) in [6, 6.07) is 0. The first-order valence-electron chi connectivity index (χ1n) is 8.40. The molecule has 2 aliphatic rings. The molecule has 2 heterocycles. The predicted molar refractivity (Wildman–Crippen MR) is 80.9 cm³/mol. The van der Waals surface area contributed by atoms with Crippen LogP contribution in [0, 0.1) is 0 Å². The molecule has 2 fully saturated rings. The fraction of sp³-hybridized carbons (Fsp3) is 0.875. The standard InChI is InChI=1S/C16H28N2O3/c19-15-7-1-3-9-17(15)11-5-13-21-14-6-12-18-10-4-2-8-16(18)20/h1-14H2. The Hall–Kier alpha value is -1.10. The van der Waals surface area contributed by atoms with Crippen molar-refractivity contribution in [3.8, 4) is 0 Å². The van der Waals surface area contributed by atoms with E-state index in [1.807, 2.05) is 9.80 Å². The maximum absolute atomic E-state index is 11.6. The lowest BCUT2D eigenvalue weighted by atomic mass is 10.1. The minimum Gasteiger partial charge on any atom is -0.381 e. The summed E-state index contributed by atoms with van der Waals surface area (Å²) in [5.74, 6) is 0.592. The molecule has 2 aliphatic heterocycles. The highest BCUT2D eigenvalue weighted by atomic mass is 16.5. The van der Waals surface area contributed by atoms with Gasteiger partial charge in [0.15, 0.2) is 0 Å². The van der Waals surface area contributed by atoms with Crippen molar-refractivity contribution in [2.24, 2.45) is 0 Å². The summed E-state index contributed by atoms with van der Waals surface area (Å²) in [4.78, 5) is 27.1. The molecule has 2 rings (SSSR count). The quantitative estimate of drug-likeness (QED) is 0.642. The fourth-order valence-corrected chi connectivity index (χ4v) is 3.01. The van der Waals surface area contributed by atoms with Crippen LogP contribution in [0.1, 0.15) is 51.4 Å². The predicted octanol–water partition coefficient (Wildman–Crippen LogP) is 1.81. The second-order valence-corrected chi connectivity index (χ2v) is 6.00. The first-order chi connectivity index (χ1) is 10.3. The van der Waals surface area contributed by atoms with Crippen molar-refractivity contribution in [2.75, 3.05) is 39.4 Å². The molecule has 2 amide bonds. The number of rotatable bonds is 8. The van der Waals surface area contributed by atoms with Gasteiger partial charge in [-0.2, -0.15) is 0 Å². The van der Waals surface area contributed by atoms with Crippen LogP contribution in [0.25, 0.3) is 0 Å². The Bertz CT molecular complexity index is 314. The zero-order valence-electron chi connectivity index (χ0n) is 13.0. The van der Waals surface area contributed by atoms with Crippen molar-refractivity contribution in [2.45, 2.75) is 51.4 Å². The van der Waals surface area contributed by atoms with E-state index >= 15 is 0 Å². The van der Waals surface area contributed by atoms with Gasteiger partial charge in [0.2, 0.25) is 11.8 Å². The number of amides is 2. The minimum absolute atomic E-state index is 0.296. The third-order valence-electron chi connectivity index (χ3n) is 4.28. The topological polar surface area (TPSA) is 49.9 Å². The highest BCUT2D eigenvalue weighted by Crippen LogP contribution is 2.11. The molecule has 0 aromatic rings. The molecule has 21 heavy (non-hydrogen) atoms. The zero-order chi connectivity index (χ0) is 14.9. The van der Waals surface area contributed by atoms with E-state index in [0.717, 1.165) is 64.7 Å². The van der Waals surface area contributed by atoms with Gasteiger partial charge in [-0.15, -0.1) is 0 Å². The lowest BCUT2D eigenvalue weighted by Gasteiger charge is -2.27. The average Bonchev–Trinajstić information content (AvgIpc) is 2.50. The highest BCUT2D eigenvalue weighted by molar-refractivity contribution is 5.77. The number of nitrogens with zero attached hydrogens (tertiary/aromatic N) is 2. The summed E-state index contributed by atoms with van der Waals surface area (Å²) < 4.78 is 5.61. The Labute approximate surface area is 127 Å². The van der Waals surface area contributed by atoms with Gasteiger partial charge in [-0.1, -0.05) is 0 Å². The number of hydrogen-bond donors (Lipinski definition) is 0. The van der Waals surface area contributed by atoms with Gasteiger partial charge in [-0.25, -0.2) is 0 Å². The molecule has 0 N–H and O–H groups in total. The lowest BCUT2D eigenvalue weighted by molar-refractivity contribution is -0.134. The molecule has 0 bridgehead atoms. The number of piperidine rings is 2. The molecular weight excluding hydrogens is 268 g/mol. The molecule has 0 radical (unpaired) electrons. The normalized spacial score (nSPS) is 20.2. The summed E-state index contributed by atoms with van der Waals surface area (Å²) in [6.45, 7) is 4.88. The average molecular weight is 296 g/mol. The Balaban J connectivity index is 1.45. The van der Waals surface area contributed by atoms with Crippen molar-refractivity contribution >= 4 is 11.8 Å². The van der Waals surface area contributed by atoms with E-state index in [1.54, 1.807) is 0 Å². The molecule has 2 saturated heterocycles. The molecule has 0 saturated carbocycles. The number of ether oxygens (including phenoxy) is 1. The summed E-state index contributed by atoms with van der Waals surface area (Å²) in [5.41, 5.74) is 0. The van der Waals surface area contributed by atoms with Crippen molar-refractivity contribution in [3.63, 3.8) is 0 Å². The van der Waals surface area contributed by atoms with E-state index in [0.29, 0.717) is 37.9 Å². The van der Waals surface area contributed by atoms with E-state index in [-0.39, 0.29) is 0 Å². The number of carbonyl (C=O) groups excluding carboxylic acids is 2. The number of carbonyl (C=O) groups is 2. The van der Waals surface area contributed by atoms with E-state index in [2.05, 4.69) is 0 Å². The van der Waals surface area contributed by atoms with E-state index in [9.17, 15) is 9.59 Å².